The molecule has 0 aromatic rings. The topological polar surface area (TPSA) is 152 Å². The molecule has 0 saturated carbocycles. The van der Waals surface area contributed by atoms with Gasteiger partial charge in [-0.3, -0.25) is 0 Å². The number of imide groups is 1. The van der Waals surface area contributed by atoms with Crippen LogP contribution in [0.15, 0.2) is 0 Å². The standard InChI is InChI=1S/C4H7NO4.C2H2O4/c1-2-5(3(6)7)4(8)9;3-1(4)2(5)6/h2H2,1H3,(H,6,7)(H,8,9);(H,3,4)(H,5,6). The number of rotatable bonds is 1. The van der Waals surface area contributed by atoms with Crippen LogP contribution in [0.3, 0.4) is 0 Å². The summed E-state index contributed by atoms with van der Waals surface area (Å²) in [7, 11) is 0. The molecule has 15 heavy (non-hydrogen) atoms. The molecule has 9 heteroatoms. The summed E-state index contributed by atoms with van der Waals surface area (Å²) in [6.45, 7) is 1.41. The van der Waals surface area contributed by atoms with Crippen LogP contribution in [-0.2, 0) is 9.59 Å². The van der Waals surface area contributed by atoms with Gasteiger partial charge in [0.25, 0.3) is 0 Å². The highest BCUT2D eigenvalue weighted by molar-refractivity contribution is 6.27. The van der Waals surface area contributed by atoms with Gasteiger partial charge in [0.2, 0.25) is 0 Å². The van der Waals surface area contributed by atoms with Crippen LogP contribution in [0.4, 0.5) is 9.59 Å². The molecule has 0 fully saturated rings. The van der Waals surface area contributed by atoms with Gasteiger partial charge in [0.1, 0.15) is 0 Å². The third-order valence-electron chi connectivity index (χ3n) is 0.961. The van der Waals surface area contributed by atoms with Gasteiger partial charge in [0.05, 0.1) is 0 Å². The fraction of sp³-hybridized carbons (Fsp3) is 0.333. The average Bonchev–Trinajstić information content (AvgIpc) is 2.04. The van der Waals surface area contributed by atoms with Gasteiger partial charge >= 0.3 is 24.1 Å². The smallest absolute Gasteiger partial charge is 0.416 e. The second-order valence-corrected chi connectivity index (χ2v) is 1.92. The maximum Gasteiger partial charge on any atom is 0.416 e. The van der Waals surface area contributed by atoms with E-state index in [0.717, 1.165) is 0 Å². The molecule has 0 aliphatic carbocycles. The Hall–Kier alpha value is -2.32. The van der Waals surface area contributed by atoms with Gasteiger partial charge in [-0.25, -0.2) is 24.1 Å². The van der Waals surface area contributed by atoms with E-state index in [1.165, 1.54) is 6.92 Å². The number of hydrogen-bond donors (Lipinski definition) is 4. The number of carboxylic acid groups (broad SMARTS) is 4. The lowest BCUT2D eigenvalue weighted by atomic mass is 10.6. The number of hydrogen-bond acceptors (Lipinski definition) is 4. The Morgan fingerprint density at radius 3 is 1.13 bits per heavy atom. The highest BCUT2D eigenvalue weighted by atomic mass is 16.4. The van der Waals surface area contributed by atoms with Crippen molar-refractivity contribution in [3.63, 3.8) is 0 Å². The third kappa shape index (κ3) is 8.02. The molecule has 86 valence electrons. The van der Waals surface area contributed by atoms with E-state index in [1.54, 1.807) is 0 Å². The van der Waals surface area contributed by atoms with Gasteiger partial charge in [-0.15, -0.1) is 0 Å². The first-order chi connectivity index (χ1) is 6.73. The minimum atomic E-state index is -1.82. The van der Waals surface area contributed by atoms with E-state index in [9.17, 15) is 9.59 Å². The molecular weight excluding hydrogens is 214 g/mol. The maximum atomic E-state index is 9.92. The average molecular weight is 223 g/mol. The molecule has 0 rings (SSSR count). The zero-order valence-corrected chi connectivity index (χ0v) is 7.58. The summed E-state index contributed by atoms with van der Waals surface area (Å²) in [6, 6.07) is 0. The Morgan fingerprint density at radius 1 is 0.867 bits per heavy atom. The van der Waals surface area contributed by atoms with Gasteiger partial charge in [0.15, 0.2) is 0 Å². The molecule has 0 bridgehead atoms. The lowest BCUT2D eigenvalue weighted by molar-refractivity contribution is -0.159. The fourth-order valence-corrected chi connectivity index (χ4v) is 0.352. The molecule has 0 heterocycles. The minimum Gasteiger partial charge on any atom is -0.473 e. The summed E-state index contributed by atoms with van der Waals surface area (Å²) in [5.74, 6) is -3.65. The zero-order valence-electron chi connectivity index (χ0n) is 7.58. The van der Waals surface area contributed by atoms with Gasteiger partial charge in [-0.05, 0) is 6.92 Å². The molecule has 0 atom stereocenters. The molecule has 2 amide bonds. The third-order valence-corrected chi connectivity index (χ3v) is 0.961. The van der Waals surface area contributed by atoms with Crippen LogP contribution < -0.4 is 0 Å². The Morgan fingerprint density at radius 2 is 1.13 bits per heavy atom. The lowest BCUT2D eigenvalue weighted by Crippen LogP contribution is -2.33. The van der Waals surface area contributed by atoms with Gasteiger partial charge in [0, 0.05) is 6.54 Å². The van der Waals surface area contributed by atoms with Crippen LogP contribution in [-0.4, -0.2) is 56.0 Å². The summed E-state index contributed by atoms with van der Waals surface area (Å²) in [4.78, 5) is 38.3. The first-order valence-electron chi connectivity index (χ1n) is 3.43. The van der Waals surface area contributed by atoms with Gasteiger partial charge in [-0.1, -0.05) is 0 Å². The van der Waals surface area contributed by atoms with E-state index in [-0.39, 0.29) is 6.54 Å². The predicted octanol–water partition coefficient (Wildman–Crippen LogP) is -0.180. The van der Waals surface area contributed by atoms with Crippen LogP contribution in [0.5, 0.6) is 0 Å². The maximum absolute atomic E-state index is 9.92. The number of carboxylic acids is 2. The number of nitrogens with zero attached hydrogens (tertiary/aromatic N) is 1. The van der Waals surface area contributed by atoms with Gasteiger partial charge < -0.3 is 20.4 Å². The molecule has 0 aromatic carbocycles. The van der Waals surface area contributed by atoms with Crippen LogP contribution in [0.25, 0.3) is 0 Å². The van der Waals surface area contributed by atoms with Crippen molar-refractivity contribution in [2.24, 2.45) is 0 Å². The van der Waals surface area contributed by atoms with E-state index in [0.29, 0.717) is 4.90 Å². The molecule has 0 saturated heterocycles. The predicted molar refractivity (Wildman–Crippen MR) is 43.7 cm³/mol. The molecule has 9 nitrogen and oxygen atoms in total. The summed E-state index contributed by atoms with van der Waals surface area (Å²) in [5, 5.41) is 31.0. The quantitative estimate of drug-likeness (QED) is 0.446. The van der Waals surface area contributed by atoms with E-state index < -0.39 is 24.1 Å². The van der Waals surface area contributed by atoms with E-state index in [4.69, 9.17) is 30.0 Å². The molecule has 0 unspecified atom stereocenters. The fourth-order valence-electron chi connectivity index (χ4n) is 0.352. The Kier molecular flexibility index (Phi) is 7.20. The molecule has 0 radical (unpaired) electrons. The van der Waals surface area contributed by atoms with Crippen molar-refractivity contribution in [1.82, 2.24) is 4.90 Å². The van der Waals surface area contributed by atoms with Crippen LogP contribution in [0, 0.1) is 0 Å². The van der Waals surface area contributed by atoms with Gasteiger partial charge in [-0.2, -0.15) is 0 Å². The van der Waals surface area contributed by atoms with E-state index in [2.05, 4.69) is 0 Å². The van der Waals surface area contributed by atoms with Crippen molar-refractivity contribution >= 4 is 24.1 Å². The molecule has 4 N–H and O–H groups in total. The van der Waals surface area contributed by atoms with E-state index >= 15 is 0 Å². The molecular formula is C6H9NO8. The largest absolute Gasteiger partial charge is 0.473 e. The second kappa shape index (κ2) is 7.12. The number of amides is 2. The molecule has 0 spiro atoms. The second-order valence-electron chi connectivity index (χ2n) is 1.92. The monoisotopic (exact) mass is 223 g/mol. The van der Waals surface area contributed by atoms with Crippen molar-refractivity contribution in [1.29, 1.82) is 0 Å². The number of carbonyl (C=O) groups is 4. The van der Waals surface area contributed by atoms with Crippen molar-refractivity contribution in [2.75, 3.05) is 6.54 Å². The number of aliphatic carboxylic acids is 2. The van der Waals surface area contributed by atoms with E-state index in [1.807, 2.05) is 0 Å². The normalized spacial score (nSPS) is 8.07. The summed E-state index contributed by atoms with van der Waals surface area (Å²) in [5.41, 5.74) is 0. The first kappa shape index (κ1) is 15.2. The van der Waals surface area contributed by atoms with Crippen LogP contribution in [0.2, 0.25) is 0 Å². The van der Waals surface area contributed by atoms with Crippen molar-refractivity contribution in [3.8, 4) is 0 Å². The van der Waals surface area contributed by atoms with Crippen molar-refractivity contribution in [2.45, 2.75) is 6.92 Å². The Bertz CT molecular complexity index is 246. The SMILES string of the molecule is CCN(C(=O)O)C(=O)O.O=C(O)C(=O)O. The summed E-state index contributed by atoms with van der Waals surface area (Å²) >= 11 is 0. The highest BCUT2D eigenvalue weighted by Crippen LogP contribution is 1.87. The highest BCUT2D eigenvalue weighted by Gasteiger charge is 2.15. The zero-order chi connectivity index (χ0) is 12.6. The van der Waals surface area contributed by atoms with Crippen LogP contribution >= 0.6 is 0 Å². The minimum absolute atomic E-state index is 0.0370. The summed E-state index contributed by atoms with van der Waals surface area (Å²) < 4.78 is 0. The van der Waals surface area contributed by atoms with Crippen LogP contribution in [0.1, 0.15) is 6.92 Å². The van der Waals surface area contributed by atoms with Crippen molar-refractivity contribution in [3.05, 3.63) is 0 Å². The molecule has 0 aromatic heterocycles. The Balaban J connectivity index is 0. The molecule has 0 aliphatic heterocycles. The first-order valence-corrected chi connectivity index (χ1v) is 3.43. The lowest BCUT2D eigenvalue weighted by Gasteiger charge is -2.08. The summed E-state index contributed by atoms with van der Waals surface area (Å²) in [6.07, 6.45) is -2.88. The molecule has 0 aliphatic rings. The Labute approximate surface area is 83.2 Å². The van der Waals surface area contributed by atoms with Crippen molar-refractivity contribution < 1.29 is 39.6 Å².